The van der Waals surface area contributed by atoms with Gasteiger partial charge in [-0.2, -0.15) is 0 Å². The van der Waals surface area contributed by atoms with Gasteiger partial charge in [0.1, 0.15) is 0 Å². The molecule has 1 aromatic rings. The standard InChI is InChI=1S/C19H35N5S/c1-5-20-19(22-11-7-18-16(3)23-17(4)25-18)21-10-6-12-24-13-8-15(2)9-14-24/h15H,5-14H2,1-4H3,(H2,20,21,22). The molecular weight excluding hydrogens is 330 g/mol. The molecule has 0 amide bonds. The van der Waals surface area contributed by atoms with E-state index in [0.717, 1.165) is 49.4 Å². The van der Waals surface area contributed by atoms with Crippen LogP contribution in [0.25, 0.3) is 0 Å². The molecule has 1 aromatic heterocycles. The van der Waals surface area contributed by atoms with Gasteiger partial charge in [0.2, 0.25) is 0 Å². The van der Waals surface area contributed by atoms with Gasteiger partial charge in [0.05, 0.1) is 10.7 Å². The lowest BCUT2D eigenvalue weighted by Gasteiger charge is -2.29. The van der Waals surface area contributed by atoms with Crippen molar-refractivity contribution >= 4 is 17.3 Å². The van der Waals surface area contributed by atoms with Crippen LogP contribution in [-0.4, -0.2) is 55.1 Å². The minimum absolute atomic E-state index is 0.889. The summed E-state index contributed by atoms with van der Waals surface area (Å²) in [5.74, 6) is 1.85. The fourth-order valence-electron chi connectivity index (χ4n) is 3.21. The minimum atomic E-state index is 0.889. The molecule has 0 aliphatic carbocycles. The number of thiazole rings is 1. The SMILES string of the molecule is CCNC(=NCCCN1CCC(C)CC1)NCCc1sc(C)nc1C. The van der Waals surface area contributed by atoms with Crippen LogP contribution >= 0.6 is 11.3 Å². The number of hydrogen-bond acceptors (Lipinski definition) is 4. The molecule has 2 rings (SSSR count). The highest BCUT2D eigenvalue weighted by atomic mass is 32.1. The number of rotatable bonds is 8. The maximum absolute atomic E-state index is 4.73. The zero-order chi connectivity index (χ0) is 18.1. The molecule has 0 atom stereocenters. The molecule has 2 heterocycles. The van der Waals surface area contributed by atoms with Crippen LogP contribution in [0.1, 0.15) is 48.7 Å². The Morgan fingerprint density at radius 1 is 1.28 bits per heavy atom. The zero-order valence-corrected chi connectivity index (χ0v) is 17.2. The van der Waals surface area contributed by atoms with Crippen LogP contribution in [0.2, 0.25) is 0 Å². The molecular formula is C19H35N5S. The Bertz CT molecular complexity index is 532. The normalized spacial score (nSPS) is 17.0. The van der Waals surface area contributed by atoms with Crippen molar-refractivity contribution in [3.05, 3.63) is 15.6 Å². The van der Waals surface area contributed by atoms with Gasteiger partial charge in [0.15, 0.2) is 5.96 Å². The number of aromatic nitrogens is 1. The molecule has 1 aliphatic heterocycles. The van der Waals surface area contributed by atoms with Crippen LogP contribution in [0.5, 0.6) is 0 Å². The van der Waals surface area contributed by atoms with E-state index >= 15 is 0 Å². The lowest BCUT2D eigenvalue weighted by atomic mass is 9.99. The molecule has 142 valence electrons. The first-order chi connectivity index (χ1) is 12.1. The van der Waals surface area contributed by atoms with Gasteiger partial charge in [-0.3, -0.25) is 4.99 Å². The van der Waals surface area contributed by atoms with E-state index in [9.17, 15) is 0 Å². The van der Waals surface area contributed by atoms with Gasteiger partial charge >= 0.3 is 0 Å². The zero-order valence-electron chi connectivity index (χ0n) is 16.4. The second-order valence-electron chi connectivity index (χ2n) is 7.06. The molecule has 0 bridgehead atoms. The van der Waals surface area contributed by atoms with Gasteiger partial charge in [0, 0.05) is 30.9 Å². The largest absolute Gasteiger partial charge is 0.357 e. The van der Waals surface area contributed by atoms with Crippen LogP contribution in [0.15, 0.2) is 4.99 Å². The van der Waals surface area contributed by atoms with Crippen molar-refractivity contribution in [1.82, 2.24) is 20.5 Å². The molecule has 0 spiro atoms. The Kier molecular flexibility index (Phi) is 8.68. The maximum atomic E-state index is 4.73. The van der Waals surface area contributed by atoms with E-state index in [2.05, 4.69) is 48.2 Å². The number of piperidine rings is 1. The molecule has 1 fully saturated rings. The lowest BCUT2D eigenvalue weighted by Crippen LogP contribution is -2.38. The third-order valence-corrected chi connectivity index (χ3v) is 5.90. The molecule has 2 N–H and O–H groups in total. The molecule has 6 heteroatoms. The number of nitrogens with zero attached hydrogens (tertiary/aromatic N) is 3. The van der Waals surface area contributed by atoms with E-state index < -0.39 is 0 Å². The number of guanidine groups is 1. The Morgan fingerprint density at radius 3 is 2.68 bits per heavy atom. The average Bonchev–Trinajstić information content (AvgIpc) is 2.90. The first kappa shape index (κ1) is 20.2. The first-order valence-electron chi connectivity index (χ1n) is 9.76. The molecule has 25 heavy (non-hydrogen) atoms. The highest BCUT2D eigenvalue weighted by Crippen LogP contribution is 2.17. The van der Waals surface area contributed by atoms with Crippen molar-refractivity contribution in [1.29, 1.82) is 0 Å². The summed E-state index contributed by atoms with van der Waals surface area (Å²) in [6.07, 6.45) is 4.85. The van der Waals surface area contributed by atoms with E-state index in [1.54, 1.807) is 11.3 Å². The van der Waals surface area contributed by atoms with Gasteiger partial charge in [0.25, 0.3) is 0 Å². The minimum Gasteiger partial charge on any atom is -0.357 e. The van der Waals surface area contributed by atoms with Crippen LogP contribution < -0.4 is 10.6 Å². The van der Waals surface area contributed by atoms with E-state index in [1.165, 1.54) is 43.0 Å². The predicted molar refractivity (Wildman–Crippen MR) is 109 cm³/mol. The number of hydrogen-bond donors (Lipinski definition) is 2. The molecule has 1 saturated heterocycles. The van der Waals surface area contributed by atoms with E-state index in [-0.39, 0.29) is 0 Å². The van der Waals surface area contributed by atoms with Crippen LogP contribution in [0.4, 0.5) is 0 Å². The Morgan fingerprint density at radius 2 is 2.04 bits per heavy atom. The van der Waals surface area contributed by atoms with Crippen molar-refractivity contribution in [2.24, 2.45) is 10.9 Å². The summed E-state index contributed by atoms with van der Waals surface area (Å²) in [5, 5.41) is 7.95. The average molecular weight is 366 g/mol. The molecule has 0 radical (unpaired) electrons. The van der Waals surface area contributed by atoms with Crippen LogP contribution in [-0.2, 0) is 6.42 Å². The van der Waals surface area contributed by atoms with Crippen molar-refractivity contribution in [2.45, 2.75) is 53.4 Å². The summed E-state index contributed by atoms with van der Waals surface area (Å²) < 4.78 is 0. The second kappa shape index (κ2) is 10.8. The number of likely N-dealkylation sites (tertiary alicyclic amines) is 1. The molecule has 0 unspecified atom stereocenters. The number of nitrogens with one attached hydrogen (secondary N) is 2. The summed E-state index contributed by atoms with van der Waals surface area (Å²) >= 11 is 1.80. The summed E-state index contributed by atoms with van der Waals surface area (Å²) in [6.45, 7) is 15.0. The fourth-order valence-corrected chi connectivity index (χ4v) is 4.15. The fraction of sp³-hybridized carbons (Fsp3) is 0.789. The second-order valence-corrected chi connectivity index (χ2v) is 8.34. The third-order valence-electron chi connectivity index (χ3n) is 4.77. The predicted octanol–water partition coefficient (Wildman–Crippen LogP) is 2.98. The monoisotopic (exact) mass is 365 g/mol. The highest BCUT2D eigenvalue weighted by molar-refractivity contribution is 7.11. The summed E-state index contributed by atoms with van der Waals surface area (Å²) in [6, 6.07) is 0. The summed E-state index contributed by atoms with van der Waals surface area (Å²) in [4.78, 5) is 13.2. The molecule has 0 saturated carbocycles. The van der Waals surface area contributed by atoms with Crippen LogP contribution in [0, 0.1) is 19.8 Å². The summed E-state index contributed by atoms with van der Waals surface area (Å²) in [7, 11) is 0. The van der Waals surface area contributed by atoms with E-state index in [0.29, 0.717) is 0 Å². The van der Waals surface area contributed by atoms with Crippen molar-refractivity contribution in [2.75, 3.05) is 39.3 Å². The molecule has 1 aliphatic rings. The van der Waals surface area contributed by atoms with Crippen LogP contribution in [0.3, 0.4) is 0 Å². The van der Waals surface area contributed by atoms with Crippen molar-refractivity contribution < 1.29 is 0 Å². The number of aryl methyl sites for hydroxylation is 2. The lowest BCUT2D eigenvalue weighted by molar-refractivity contribution is 0.192. The van der Waals surface area contributed by atoms with Gasteiger partial charge in [-0.05, 0) is 65.6 Å². The van der Waals surface area contributed by atoms with Gasteiger partial charge in [-0.1, -0.05) is 6.92 Å². The first-order valence-corrected chi connectivity index (χ1v) is 10.6. The van der Waals surface area contributed by atoms with Gasteiger partial charge in [-0.25, -0.2) is 4.98 Å². The summed E-state index contributed by atoms with van der Waals surface area (Å²) in [5.41, 5.74) is 1.17. The van der Waals surface area contributed by atoms with E-state index in [1.807, 2.05) is 0 Å². The smallest absolute Gasteiger partial charge is 0.191 e. The Hall–Kier alpha value is -1.14. The molecule has 0 aromatic carbocycles. The van der Waals surface area contributed by atoms with Gasteiger partial charge in [-0.15, -0.1) is 11.3 Å². The van der Waals surface area contributed by atoms with Crippen molar-refractivity contribution in [3.8, 4) is 0 Å². The number of aliphatic imine (C=N–C) groups is 1. The van der Waals surface area contributed by atoms with Crippen molar-refractivity contribution in [3.63, 3.8) is 0 Å². The van der Waals surface area contributed by atoms with Gasteiger partial charge < -0.3 is 15.5 Å². The Balaban J connectivity index is 1.67. The maximum Gasteiger partial charge on any atom is 0.191 e. The quantitative estimate of drug-likeness (QED) is 0.422. The Labute approximate surface area is 157 Å². The van der Waals surface area contributed by atoms with E-state index in [4.69, 9.17) is 4.99 Å². The third kappa shape index (κ3) is 7.32. The highest BCUT2D eigenvalue weighted by Gasteiger charge is 2.14. The topological polar surface area (TPSA) is 52.6 Å². The molecule has 5 nitrogen and oxygen atoms in total.